The van der Waals surface area contributed by atoms with Crippen molar-refractivity contribution < 1.29 is 9.59 Å². The van der Waals surface area contributed by atoms with Crippen molar-refractivity contribution >= 4 is 11.8 Å². The summed E-state index contributed by atoms with van der Waals surface area (Å²) in [5.41, 5.74) is 0. The van der Waals surface area contributed by atoms with Crippen LogP contribution < -0.4 is 5.32 Å². The summed E-state index contributed by atoms with van der Waals surface area (Å²) >= 11 is 0. The minimum absolute atomic E-state index is 0.0201. The number of nitrogens with one attached hydrogen (secondary N) is 1. The molecule has 104 valence electrons. The van der Waals surface area contributed by atoms with E-state index in [2.05, 4.69) is 5.32 Å². The first-order chi connectivity index (χ1) is 8.60. The molecule has 0 aromatic heterocycles. The van der Waals surface area contributed by atoms with Gasteiger partial charge in [-0.15, -0.1) is 0 Å². The normalized spacial score (nSPS) is 19.4. The van der Waals surface area contributed by atoms with Crippen LogP contribution in [0.3, 0.4) is 0 Å². The maximum absolute atomic E-state index is 12.1. The van der Waals surface area contributed by atoms with Crippen molar-refractivity contribution in [1.29, 1.82) is 0 Å². The average molecular weight is 255 g/mol. The summed E-state index contributed by atoms with van der Waals surface area (Å²) in [6.45, 7) is 6.36. The summed E-state index contributed by atoms with van der Waals surface area (Å²) in [6, 6.07) is -0.103. The van der Waals surface area contributed by atoms with Gasteiger partial charge in [-0.1, -0.05) is 6.42 Å². The molecule has 0 spiro atoms. The quantitative estimate of drug-likeness (QED) is 0.776. The molecule has 1 N–H and O–H groups in total. The van der Waals surface area contributed by atoms with Crippen LogP contribution in [0.15, 0.2) is 0 Å². The SMILES string of the molecule is CCN(CC)C(=O)CN(C)C(=O)[C@@H]1CCCCN1. The van der Waals surface area contributed by atoms with Gasteiger partial charge in [0.05, 0.1) is 12.6 Å². The Hall–Kier alpha value is -1.10. The van der Waals surface area contributed by atoms with E-state index in [1.54, 1.807) is 16.8 Å². The first-order valence-corrected chi connectivity index (χ1v) is 6.86. The number of carbonyl (C=O) groups excluding carboxylic acids is 2. The molecule has 1 heterocycles. The highest BCUT2D eigenvalue weighted by atomic mass is 16.2. The number of likely N-dealkylation sites (N-methyl/N-ethyl adjacent to an activating group) is 2. The Morgan fingerprint density at radius 1 is 1.22 bits per heavy atom. The van der Waals surface area contributed by atoms with Gasteiger partial charge in [0.25, 0.3) is 0 Å². The smallest absolute Gasteiger partial charge is 0.242 e. The molecular formula is C13H25N3O2. The highest BCUT2D eigenvalue weighted by Gasteiger charge is 2.25. The third kappa shape index (κ3) is 3.98. The average Bonchev–Trinajstić information content (AvgIpc) is 2.40. The summed E-state index contributed by atoms with van der Waals surface area (Å²) in [7, 11) is 1.71. The zero-order valence-corrected chi connectivity index (χ0v) is 11.7. The number of hydrogen-bond acceptors (Lipinski definition) is 3. The lowest BCUT2D eigenvalue weighted by Crippen LogP contribution is -2.50. The van der Waals surface area contributed by atoms with Crippen LogP contribution in [0.1, 0.15) is 33.1 Å². The van der Waals surface area contributed by atoms with Crippen LogP contribution in [0.4, 0.5) is 0 Å². The van der Waals surface area contributed by atoms with Gasteiger partial charge >= 0.3 is 0 Å². The molecule has 0 aliphatic carbocycles. The van der Waals surface area contributed by atoms with Crippen LogP contribution in [0.25, 0.3) is 0 Å². The maximum Gasteiger partial charge on any atom is 0.242 e. The molecule has 1 saturated heterocycles. The first-order valence-electron chi connectivity index (χ1n) is 6.86. The van der Waals surface area contributed by atoms with Crippen LogP contribution in [0.2, 0.25) is 0 Å². The van der Waals surface area contributed by atoms with E-state index in [0.717, 1.165) is 25.8 Å². The molecule has 0 bridgehead atoms. The lowest BCUT2D eigenvalue weighted by Gasteiger charge is -2.28. The molecule has 0 aromatic rings. The van der Waals surface area contributed by atoms with E-state index in [4.69, 9.17) is 0 Å². The minimum Gasteiger partial charge on any atom is -0.342 e. The van der Waals surface area contributed by atoms with Gasteiger partial charge in [-0.3, -0.25) is 9.59 Å². The second kappa shape index (κ2) is 7.36. The van der Waals surface area contributed by atoms with Gasteiger partial charge < -0.3 is 15.1 Å². The van der Waals surface area contributed by atoms with E-state index in [1.165, 1.54) is 0 Å². The van der Waals surface area contributed by atoms with Gasteiger partial charge in [-0.05, 0) is 33.2 Å². The van der Waals surface area contributed by atoms with Gasteiger partial charge in [0.1, 0.15) is 0 Å². The van der Waals surface area contributed by atoms with Crippen molar-refractivity contribution in [3.05, 3.63) is 0 Å². The fourth-order valence-corrected chi connectivity index (χ4v) is 2.29. The molecule has 2 amide bonds. The predicted octanol–water partition coefficient (Wildman–Crippen LogP) is 0.455. The number of hydrogen-bond donors (Lipinski definition) is 1. The molecular weight excluding hydrogens is 230 g/mol. The molecule has 0 aromatic carbocycles. The fraction of sp³-hybridized carbons (Fsp3) is 0.846. The fourth-order valence-electron chi connectivity index (χ4n) is 2.29. The van der Waals surface area contributed by atoms with Gasteiger partial charge in [0, 0.05) is 20.1 Å². The second-order valence-electron chi connectivity index (χ2n) is 4.76. The molecule has 5 heteroatoms. The third-order valence-electron chi connectivity index (χ3n) is 3.47. The third-order valence-corrected chi connectivity index (χ3v) is 3.47. The number of carbonyl (C=O) groups is 2. The van der Waals surface area contributed by atoms with Gasteiger partial charge in [0.15, 0.2) is 0 Å². The molecule has 0 unspecified atom stereocenters. The van der Waals surface area contributed by atoms with E-state index in [0.29, 0.717) is 13.1 Å². The van der Waals surface area contributed by atoms with Crippen LogP contribution in [-0.2, 0) is 9.59 Å². The first kappa shape index (κ1) is 15.0. The van der Waals surface area contributed by atoms with Gasteiger partial charge in [-0.25, -0.2) is 0 Å². The van der Waals surface area contributed by atoms with Crippen molar-refractivity contribution in [3.63, 3.8) is 0 Å². The summed E-state index contributed by atoms with van der Waals surface area (Å²) in [5.74, 6) is 0.0573. The van der Waals surface area contributed by atoms with E-state index >= 15 is 0 Å². The molecule has 0 saturated carbocycles. The van der Waals surface area contributed by atoms with Crippen LogP contribution >= 0.6 is 0 Å². The Bertz CT molecular complexity index is 284. The summed E-state index contributed by atoms with van der Waals surface area (Å²) in [5, 5.41) is 3.21. The van der Waals surface area contributed by atoms with E-state index < -0.39 is 0 Å². The summed E-state index contributed by atoms with van der Waals surface area (Å²) < 4.78 is 0. The number of rotatable bonds is 5. The van der Waals surface area contributed by atoms with E-state index in [9.17, 15) is 9.59 Å². The summed E-state index contributed by atoms with van der Waals surface area (Å²) in [6.07, 6.45) is 3.09. The van der Waals surface area contributed by atoms with Crippen molar-refractivity contribution in [3.8, 4) is 0 Å². The lowest BCUT2D eigenvalue weighted by atomic mass is 10.0. The Balaban J connectivity index is 2.45. The molecule has 1 aliphatic heterocycles. The Kier molecular flexibility index (Phi) is 6.12. The Morgan fingerprint density at radius 2 is 1.89 bits per heavy atom. The van der Waals surface area contributed by atoms with Crippen molar-refractivity contribution in [2.45, 2.75) is 39.2 Å². The molecule has 1 aliphatic rings. The number of nitrogens with zero attached hydrogens (tertiary/aromatic N) is 2. The lowest BCUT2D eigenvalue weighted by molar-refractivity contribution is -0.140. The maximum atomic E-state index is 12.1. The molecule has 18 heavy (non-hydrogen) atoms. The molecule has 1 rings (SSSR count). The second-order valence-corrected chi connectivity index (χ2v) is 4.76. The standard InChI is InChI=1S/C13H25N3O2/c1-4-16(5-2)12(17)10-15(3)13(18)11-8-6-7-9-14-11/h11,14H,4-10H2,1-3H3/t11-/m0/s1. The number of piperidine rings is 1. The van der Waals surface area contributed by atoms with Crippen LogP contribution in [0, 0.1) is 0 Å². The van der Waals surface area contributed by atoms with Crippen LogP contribution in [-0.4, -0.2) is 60.9 Å². The van der Waals surface area contributed by atoms with Gasteiger partial charge in [0.2, 0.25) is 11.8 Å². The Labute approximate surface area is 110 Å². The number of amides is 2. The molecule has 1 fully saturated rings. The predicted molar refractivity (Wildman–Crippen MR) is 71.2 cm³/mol. The molecule has 5 nitrogen and oxygen atoms in total. The Morgan fingerprint density at radius 3 is 2.39 bits per heavy atom. The van der Waals surface area contributed by atoms with Crippen molar-refractivity contribution in [2.24, 2.45) is 0 Å². The van der Waals surface area contributed by atoms with Crippen molar-refractivity contribution in [1.82, 2.24) is 15.1 Å². The van der Waals surface area contributed by atoms with Crippen molar-refractivity contribution in [2.75, 3.05) is 33.2 Å². The summed E-state index contributed by atoms with van der Waals surface area (Å²) in [4.78, 5) is 27.3. The zero-order valence-electron chi connectivity index (χ0n) is 11.7. The van der Waals surface area contributed by atoms with Crippen LogP contribution in [0.5, 0.6) is 0 Å². The monoisotopic (exact) mass is 255 g/mol. The zero-order chi connectivity index (χ0) is 13.5. The highest BCUT2D eigenvalue weighted by Crippen LogP contribution is 2.09. The largest absolute Gasteiger partial charge is 0.342 e. The highest BCUT2D eigenvalue weighted by molar-refractivity contribution is 5.87. The topological polar surface area (TPSA) is 52.7 Å². The minimum atomic E-state index is -0.103. The molecule has 1 atom stereocenters. The van der Waals surface area contributed by atoms with Gasteiger partial charge in [-0.2, -0.15) is 0 Å². The molecule has 0 radical (unpaired) electrons. The van der Waals surface area contributed by atoms with E-state index in [-0.39, 0.29) is 24.4 Å². The van der Waals surface area contributed by atoms with E-state index in [1.807, 2.05) is 13.8 Å².